The summed E-state index contributed by atoms with van der Waals surface area (Å²) in [7, 11) is 0. The number of hydrogen-bond donors (Lipinski definition) is 1. The zero-order chi connectivity index (χ0) is 17.6. The first kappa shape index (κ1) is 16.3. The zero-order valence-corrected chi connectivity index (χ0v) is 15.5. The van der Waals surface area contributed by atoms with Gasteiger partial charge in [-0.15, -0.1) is 0 Å². The van der Waals surface area contributed by atoms with Gasteiger partial charge in [0.2, 0.25) is 0 Å². The zero-order valence-electron chi connectivity index (χ0n) is 14.7. The van der Waals surface area contributed by atoms with Gasteiger partial charge in [0, 0.05) is 43.0 Å². The number of aromatic nitrogens is 1. The Bertz CT molecular complexity index is 889. The van der Waals surface area contributed by atoms with E-state index in [0.717, 1.165) is 42.5 Å². The number of benzene rings is 1. The van der Waals surface area contributed by atoms with Crippen LogP contribution in [0.1, 0.15) is 29.2 Å². The number of piperidine rings is 1. The van der Waals surface area contributed by atoms with Crippen LogP contribution >= 0.6 is 12.2 Å². The first-order valence-corrected chi connectivity index (χ1v) is 9.25. The summed E-state index contributed by atoms with van der Waals surface area (Å²) in [5.41, 5.74) is 4.78. The van der Waals surface area contributed by atoms with Gasteiger partial charge >= 0.3 is 0 Å². The van der Waals surface area contributed by atoms with Crippen LogP contribution in [0.4, 0.5) is 5.69 Å². The van der Waals surface area contributed by atoms with Crippen molar-refractivity contribution in [2.45, 2.75) is 32.7 Å². The topological polar surface area (TPSA) is 37.3 Å². The first-order chi connectivity index (χ1) is 12.0. The molecule has 2 aromatic rings. The van der Waals surface area contributed by atoms with Crippen LogP contribution in [0.25, 0.3) is 0 Å². The molecular formula is C20H23N3OS. The fourth-order valence-electron chi connectivity index (χ4n) is 4.13. The Hall–Kier alpha value is -2.14. The van der Waals surface area contributed by atoms with Gasteiger partial charge in [-0.25, -0.2) is 0 Å². The van der Waals surface area contributed by atoms with Gasteiger partial charge in [-0.05, 0) is 61.7 Å². The lowest BCUT2D eigenvalue weighted by molar-refractivity contribution is 0.180. The molecule has 0 unspecified atom stereocenters. The highest BCUT2D eigenvalue weighted by Gasteiger charge is 2.35. The number of hydrogen-bond acceptors (Lipinski definition) is 2. The first-order valence-electron chi connectivity index (χ1n) is 8.84. The van der Waals surface area contributed by atoms with Crippen LogP contribution in [0.15, 0.2) is 41.2 Å². The van der Waals surface area contributed by atoms with Crippen molar-refractivity contribution in [1.82, 2.24) is 9.47 Å². The fraction of sp³-hybridized carbons (Fsp3) is 0.400. The predicted octanol–water partition coefficient (Wildman–Crippen LogP) is 3.28. The van der Waals surface area contributed by atoms with Crippen molar-refractivity contribution in [2.75, 3.05) is 18.4 Å². The van der Waals surface area contributed by atoms with Gasteiger partial charge in [-0.3, -0.25) is 4.79 Å². The van der Waals surface area contributed by atoms with Crippen LogP contribution in [0.2, 0.25) is 0 Å². The van der Waals surface area contributed by atoms with Crippen molar-refractivity contribution in [3.63, 3.8) is 0 Å². The van der Waals surface area contributed by atoms with E-state index in [1.807, 2.05) is 10.6 Å². The normalized spacial score (nSPS) is 21.6. The van der Waals surface area contributed by atoms with Crippen LogP contribution in [-0.4, -0.2) is 27.7 Å². The molecule has 1 aromatic heterocycles. The molecule has 1 N–H and O–H groups in total. The summed E-state index contributed by atoms with van der Waals surface area (Å²) in [4.78, 5) is 14.4. The minimum atomic E-state index is 0.122. The Labute approximate surface area is 153 Å². The number of thiocarbonyl (C=S) groups is 1. The highest BCUT2D eigenvalue weighted by Crippen LogP contribution is 2.35. The summed E-state index contributed by atoms with van der Waals surface area (Å²) in [6, 6.07) is 12.0. The average molecular weight is 353 g/mol. The molecule has 5 heteroatoms. The molecular weight excluding hydrogens is 330 g/mol. The van der Waals surface area contributed by atoms with Gasteiger partial charge in [-0.2, -0.15) is 0 Å². The number of fused-ring (bicyclic) bond motifs is 4. The molecule has 0 spiro atoms. The van der Waals surface area contributed by atoms with Gasteiger partial charge in [0.1, 0.15) is 0 Å². The Balaban J connectivity index is 1.55. The molecule has 2 atom stereocenters. The van der Waals surface area contributed by atoms with Gasteiger partial charge in [0.15, 0.2) is 5.11 Å². The SMILES string of the molecule is Cc1ccc(C)c(NC(=S)N2C[C@@H]3C[C@H](C2)c2cccc(=O)n2C3)c1. The lowest BCUT2D eigenvalue weighted by atomic mass is 9.83. The van der Waals surface area contributed by atoms with Crippen LogP contribution in [0, 0.1) is 19.8 Å². The number of nitrogens with zero attached hydrogens (tertiary/aromatic N) is 2. The number of pyridine rings is 1. The molecule has 1 saturated heterocycles. The molecule has 0 amide bonds. The minimum Gasteiger partial charge on any atom is -0.348 e. The molecule has 1 fully saturated rings. The maximum atomic E-state index is 12.1. The van der Waals surface area contributed by atoms with E-state index in [0.29, 0.717) is 11.8 Å². The van der Waals surface area contributed by atoms with E-state index >= 15 is 0 Å². The minimum absolute atomic E-state index is 0.122. The van der Waals surface area contributed by atoms with Crippen molar-refractivity contribution in [3.05, 3.63) is 63.6 Å². The fourth-order valence-corrected chi connectivity index (χ4v) is 4.39. The molecule has 1 aromatic carbocycles. The van der Waals surface area contributed by atoms with Crippen LogP contribution in [0.5, 0.6) is 0 Å². The number of rotatable bonds is 1. The van der Waals surface area contributed by atoms with E-state index in [4.69, 9.17) is 12.2 Å². The van der Waals surface area contributed by atoms with Crippen molar-refractivity contribution >= 4 is 23.0 Å². The van der Waals surface area contributed by atoms with Crippen molar-refractivity contribution < 1.29 is 0 Å². The number of anilines is 1. The van der Waals surface area contributed by atoms with Gasteiger partial charge in [-0.1, -0.05) is 18.2 Å². The second-order valence-corrected chi connectivity index (χ2v) is 7.74. The van der Waals surface area contributed by atoms with Crippen molar-refractivity contribution in [3.8, 4) is 0 Å². The Morgan fingerprint density at radius 2 is 2.00 bits per heavy atom. The lowest BCUT2D eigenvalue weighted by Crippen LogP contribution is -2.50. The van der Waals surface area contributed by atoms with E-state index in [9.17, 15) is 4.79 Å². The van der Waals surface area contributed by atoms with E-state index in [-0.39, 0.29) is 5.56 Å². The number of nitrogens with one attached hydrogen (secondary N) is 1. The van der Waals surface area contributed by atoms with Crippen LogP contribution in [0.3, 0.4) is 0 Å². The largest absolute Gasteiger partial charge is 0.348 e. The van der Waals surface area contributed by atoms with E-state index in [2.05, 4.69) is 48.3 Å². The summed E-state index contributed by atoms with van der Waals surface area (Å²) in [5.74, 6) is 0.851. The Morgan fingerprint density at radius 1 is 1.16 bits per heavy atom. The molecule has 0 aliphatic carbocycles. The van der Waals surface area contributed by atoms with E-state index in [1.165, 1.54) is 11.1 Å². The second-order valence-electron chi connectivity index (χ2n) is 7.35. The predicted molar refractivity (Wildman–Crippen MR) is 105 cm³/mol. The summed E-state index contributed by atoms with van der Waals surface area (Å²) < 4.78 is 1.96. The van der Waals surface area contributed by atoms with Gasteiger partial charge < -0.3 is 14.8 Å². The van der Waals surface area contributed by atoms with Gasteiger partial charge in [0.25, 0.3) is 5.56 Å². The molecule has 0 saturated carbocycles. The van der Waals surface area contributed by atoms with Crippen LogP contribution < -0.4 is 10.9 Å². The monoisotopic (exact) mass is 353 g/mol. The second kappa shape index (κ2) is 6.30. The third kappa shape index (κ3) is 3.09. The molecule has 2 aliphatic heterocycles. The van der Waals surface area contributed by atoms with Crippen molar-refractivity contribution in [1.29, 1.82) is 0 Å². The third-order valence-electron chi connectivity index (χ3n) is 5.40. The lowest BCUT2D eigenvalue weighted by Gasteiger charge is -2.43. The number of aryl methyl sites for hydroxylation is 2. The maximum Gasteiger partial charge on any atom is 0.250 e. The Kier molecular flexibility index (Phi) is 4.12. The summed E-state index contributed by atoms with van der Waals surface area (Å²) in [6.07, 6.45) is 1.14. The summed E-state index contributed by atoms with van der Waals surface area (Å²) in [6.45, 7) is 6.77. The molecule has 2 bridgehead atoms. The van der Waals surface area contributed by atoms with E-state index < -0.39 is 0 Å². The number of likely N-dealkylation sites (tertiary alicyclic amines) is 1. The van der Waals surface area contributed by atoms with E-state index in [1.54, 1.807) is 6.07 Å². The summed E-state index contributed by atoms with van der Waals surface area (Å²) >= 11 is 5.71. The van der Waals surface area contributed by atoms with Crippen LogP contribution in [-0.2, 0) is 6.54 Å². The molecule has 3 heterocycles. The highest BCUT2D eigenvalue weighted by atomic mass is 32.1. The van der Waals surface area contributed by atoms with Gasteiger partial charge in [0.05, 0.1) is 0 Å². The molecule has 0 radical (unpaired) electrons. The molecule has 25 heavy (non-hydrogen) atoms. The molecule has 130 valence electrons. The average Bonchev–Trinajstić information content (AvgIpc) is 2.59. The highest BCUT2D eigenvalue weighted by molar-refractivity contribution is 7.80. The molecule has 4 nitrogen and oxygen atoms in total. The molecule has 4 rings (SSSR count). The van der Waals surface area contributed by atoms with Crippen molar-refractivity contribution in [2.24, 2.45) is 5.92 Å². The third-order valence-corrected chi connectivity index (χ3v) is 5.76. The maximum absolute atomic E-state index is 12.1. The standard InChI is InChI=1S/C20H23N3OS/c1-13-6-7-14(2)17(8-13)21-20(25)22-10-15-9-16(12-22)18-4-3-5-19(24)23(18)11-15/h3-8,15-16H,9-12H2,1-2H3,(H,21,25)/t15-,16+/m0/s1. The summed E-state index contributed by atoms with van der Waals surface area (Å²) in [5, 5.41) is 4.22. The Morgan fingerprint density at radius 3 is 2.84 bits per heavy atom. The quantitative estimate of drug-likeness (QED) is 0.799. The smallest absolute Gasteiger partial charge is 0.250 e. The molecule has 2 aliphatic rings.